The van der Waals surface area contributed by atoms with Gasteiger partial charge in [-0.15, -0.1) is 0 Å². The molecule has 1 heteroatoms. The van der Waals surface area contributed by atoms with Crippen molar-refractivity contribution in [1.82, 2.24) is 4.90 Å². The van der Waals surface area contributed by atoms with Crippen LogP contribution in [0.15, 0.2) is 36.4 Å². The van der Waals surface area contributed by atoms with E-state index < -0.39 is 0 Å². The fourth-order valence-corrected chi connectivity index (χ4v) is 2.72. The molecule has 0 atom stereocenters. The highest BCUT2D eigenvalue weighted by molar-refractivity contribution is 5.48. The quantitative estimate of drug-likeness (QED) is 0.394. The summed E-state index contributed by atoms with van der Waals surface area (Å²) < 4.78 is 0. The van der Waals surface area contributed by atoms with Gasteiger partial charge in [-0.05, 0) is 31.5 Å². The summed E-state index contributed by atoms with van der Waals surface area (Å²) in [5, 5.41) is 0. The maximum absolute atomic E-state index is 2.63. The van der Waals surface area contributed by atoms with Crippen LogP contribution in [0.2, 0.25) is 0 Å². The molecule has 0 spiro atoms. The predicted molar refractivity (Wildman–Crippen MR) is 100 cm³/mol. The van der Waals surface area contributed by atoms with Gasteiger partial charge in [-0.3, -0.25) is 4.90 Å². The summed E-state index contributed by atoms with van der Waals surface area (Å²) in [6.45, 7) is 8.17. The standard InChI is InChI=1S/C21H35N/c1-3-5-7-12-18-22(19-13-8-6-4-2)20-14-17-21-15-10-9-11-16-21/h9-11,14-17H,3-8,12-13,18-20H2,1-2H3/b17-14+. The summed E-state index contributed by atoms with van der Waals surface area (Å²) in [6, 6.07) is 10.6. The van der Waals surface area contributed by atoms with Crippen LogP contribution >= 0.6 is 0 Å². The van der Waals surface area contributed by atoms with Gasteiger partial charge in [0.2, 0.25) is 0 Å². The van der Waals surface area contributed by atoms with Crippen LogP contribution in [0.1, 0.15) is 70.8 Å². The minimum Gasteiger partial charge on any atom is -0.300 e. The molecule has 1 nitrogen and oxygen atoms in total. The maximum Gasteiger partial charge on any atom is 0.0166 e. The van der Waals surface area contributed by atoms with E-state index >= 15 is 0 Å². The van der Waals surface area contributed by atoms with Crippen LogP contribution in [-0.4, -0.2) is 24.5 Å². The molecular formula is C21H35N. The monoisotopic (exact) mass is 301 g/mol. The molecule has 0 aromatic heterocycles. The summed E-state index contributed by atoms with van der Waals surface area (Å²) in [7, 11) is 0. The Bertz CT molecular complexity index is 357. The molecule has 1 aromatic rings. The van der Waals surface area contributed by atoms with Crippen molar-refractivity contribution in [3.8, 4) is 0 Å². The molecule has 0 unspecified atom stereocenters. The number of rotatable bonds is 13. The maximum atomic E-state index is 2.63. The van der Waals surface area contributed by atoms with Gasteiger partial charge in [0, 0.05) is 6.54 Å². The molecule has 0 saturated heterocycles. The van der Waals surface area contributed by atoms with Crippen LogP contribution in [0, 0.1) is 0 Å². The Morgan fingerprint density at radius 1 is 0.773 bits per heavy atom. The minimum atomic E-state index is 1.09. The van der Waals surface area contributed by atoms with Crippen LogP contribution in [0.25, 0.3) is 6.08 Å². The van der Waals surface area contributed by atoms with Crippen molar-refractivity contribution in [3.05, 3.63) is 42.0 Å². The first-order valence-corrected chi connectivity index (χ1v) is 9.30. The fraction of sp³-hybridized carbons (Fsp3) is 0.619. The topological polar surface area (TPSA) is 3.24 Å². The van der Waals surface area contributed by atoms with E-state index in [1.54, 1.807) is 0 Å². The molecule has 1 aromatic carbocycles. The van der Waals surface area contributed by atoms with E-state index in [2.05, 4.69) is 61.2 Å². The molecule has 22 heavy (non-hydrogen) atoms. The Kier molecular flexibility index (Phi) is 11.7. The first-order valence-electron chi connectivity index (χ1n) is 9.30. The second-order valence-electron chi connectivity index (χ2n) is 6.23. The lowest BCUT2D eigenvalue weighted by Crippen LogP contribution is -2.26. The van der Waals surface area contributed by atoms with Gasteiger partial charge in [0.25, 0.3) is 0 Å². The largest absolute Gasteiger partial charge is 0.300 e. The first-order chi connectivity index (χ1) is 10.9. The number of hydrogen-bond donors (Lipinski definition) is 0. The van der Waals surface area contributed by atoms with Gasteiger partial charge < -0.3 is 0 Å². The van der Waals surface area contributed by atoms with Crippen LogP contribution < -0.4 is 0 Å². The van der Waals surface area contributed by atoms with Crippen molar-refractivity contribution in [3.63, 3.8) is 0 Å². The van der Waals surface area contributed by atoms with E-state index in [9.17, 15) is 0 Å². The Morgan fingerprint density at radius 3 is 1.91 bits per heavy atom. The molecule has 0 heterocycles. The van der Waals surface area contributed by atoms with Gasteiger partial charge in [0.1, 0.15) is 0 Å². The van der Waals surface area contributed by atoms with Crippen molar-refractivity contribution in [2.24, 2.45) is 0 Å². The molecule has 0 aliphatic heterocycles. The number of benzene rings is 1. The summed E-state index contributed by atoms with van der Waals surface area (Å²) in [5.41, 5.74) is 1.31. The molecule has 0 bridgehead atoms. The van der Waals surface area contributed by atoms with Gasteiger partial charge in [0.15, 0.2) is 0 Å². The van der Waals surface area contributed by atoms with Gasteiger partial charge in [0.05, 0.1) is 0 Å². The zero-order valence-corrected chi connectivity index (χ0v) is 14.8. The number of nitrogens with zero attached hydrogens (tertiary/aromatic N) is 1. The molecule has 1 rings (SSSR count). The molecule has 0 saturated carbocycles. The van der Waals surface area contributed by atoms with Gasteiger partial charge in [-0.1, -0.05) is 94.9 Å². The summed E-state index contributed by atoms with van der Waals surface area (Å²) in [6.07, 6.45) is 15.4. The van der Waals surface area contributed by atoms with Crippen LogP contribution in [0.5, 0.6) is 0 Å². The van der Waals surface area contributed by atoms with Crippen molar-refractivity contribution in [1.29, 1.82) is 0 Å². The summed E-state index contributed by atoms with van der Waals surface area (Å²) in [4.78, 5) is 2.63. The fourth-order valence-electron chi connectivity index (χ4n) is 2.72. The molecule has 0 amide bonds. The minimum absolute atomic E-state index is 1.09. The zero-order valence-electron chi connectivity index (χ0n) is 14.8. The highest BCUT2D eigenvalue weighted by Crippen LogP contribution is 2.07. The van der Waals surface area contributed by atoms with E-state index in [1.807, 2.05) is 0 Å². The molecule has 0 N–H and O–H groups in total. The normalized spacial score (nSPS) is 11.6. The molecule has 0 aliphatic carbocycles. The van der Waals surface area contributed by atoms with Crippen LogP contribution in [0.4, 0.5) is 0 Å². The van der Waals surface area contributed by atoms with Crippen LogP contribution in [0.3, 0.4) is 0 Å². The third-order valence-corrected chi connectivity index (χ3v) is 4.13. The first kappa shape index (κ1) is 19.0. The Hall–Kier alpha value is -1.08. The molecule has 0 aliphatic rings. The predicted octanol–water partition coefficient (Wildman–Crippen LogP) is 6.16. The Balaban J connectivity index is 2.33. The van der Waals surface area contributed by atoms with E-state index in [0.717, 1.165) is 6.54 Å². The second-order valence-corrected chi connectivity index (χ2v) is 6.23. The lowest BCUT2D eigenvalue weighted by Gasteiger charge is -2.20. The van der Waals surface area contributed by atoms with E-state index in [4.69, 9.17) is 0 Å². The van der Waals surface area contributed by atoms with Gasteiger partial charge >= 0.3 is 0 Å². The highest BCUT2D eigenvalue weighted by atomic mass is 15.1. The third kappa shape index (κ3) is 9.78. The Morgan fingerprint density at radius 2 is 1.36 bits per heavy atom. The average molecular weight is 302 g/mol. The van der Waals surface area contributed by atoms with Crippen molar-refractivity contribution < 1.29 is 0 Å². The van der Waals surface area contributed by atoms with Crippen LogP contribution in [-0.2, 0) is 0 Å². The van der Waals surface area contributed by atoms with E-state index in [1.165, 1.54) is 70.0 Å². The lowest BCUT2D eigenvalue weighted by atomic mass is 10.1. The van der Waals surface area contributed by atoms with E-state index in [-0.39, 0.29) is 0 Å². The van der Waals surface area contributed by atoms with E-state index in [0.29, 0.717) is 0 Å². The number of unbranched alkanes of at least 4 members (excludes halogenated alkanes) is 6. The zero-order chi connectivity index (χ0) is 15.9. The molecular weight excluding hydrogens is 266 g/mol. The third-order valence-electron chi connectivity index (χ3n) is 4.13. The molecule has 124 valence electrons. The molecule has 0 fully saturated rings. The van der Waals surface area contributed by atoms with Gasteiger partial charge in [-0.2, -0.15) is 0 Å². The summed E-state index contributed by atoms with van der Waals surface area (Å²) >= 11 is 0. The second kappa shape index (κ2) is 13.6. The Labute approximate surface area is 138 Å². The summed E-state index contributed by atoms with van der Waals surface area (Å²) in [5.74, 6) is 0. The molecule has 0 radical (unpaired) electrons. The SMILES string of the molecule is CCCCCCN(C/C=C/c1ccccc1)CCCCCC. The number of hydrogen-bond acceptors (Lipinski definition) is 1. The average Bonchev–Trinajstić information content (AvgIpc) is 2.56. The van der Waals surface area contributed by atoms with Crippen molar-refractivity contribution in [2.75, 3.05) is 19.6 Å². The van der Waals surface area contributed by atoms with Gasteiger partial charge in [-0.25, -0.2) is 0 Å². The smallest absolute Gasteiger partial charge is 0.0166 e. The highest BCUT2D eigenvalue weighted by Gasteiger charge is 2.02. The lowest BCUT2D eigenvalue weighted by molar-refractivity contribution is 0.287. The van der Waals surface area contributed by atoms with Crippen molar-refractivity contribution in [2.45, 2.75) is 65.2 Å². The van der Waals surface area contributed by atoms with Crippen molar-refractivity contribution >= 4 is 6.08 Å².